The fraction of sp³-hybridized carbons (Fsp3) is 0.333. The van der Waals surface area contributed by atoms with Crippen molar-refractivity contribution in [3.63, 3.8) is 0 Å². The van der Waals surface area contributed by atoms with Crippen LogP contribution < -0.4 is 5.32 Å². The van der Waals surface area contributed by atoms with Crippen LogP contribution in [0.5, 0.6) is 0 Å². The quantitative estimate of drug-likeness (QED) is 0.818. The lowest BCUT2D eigenvalue weighted by molar-refractivity contribution is 0.0749. The summed E-state index contributed by atoms with van der Waals surface area (Å²) < 4.78 is 26.3. The molecule has 24 heavy (non-hydrogen) atoms. The molecule has 0 aliphatic carbocycles. The molecule has 1 N–H and O–H groups in total. The van der Waals surface area contributed by atoms with E-state index in [9.17, 15) is 13.6 Å². The van der Waals surface area contributed by atoms with E-state index in [1.807, 2.05) is 13.8 Å². The number of nitrogens with zero attached hydrogens (tertiary/aromatic N) is 2. The topological polar surface area (TPSA) is 45.2 Å². The minimum atomic E-state index is -0.928. The number of hydrogen-bond acceptors (Lipinski definition) is 3. The Labute approximate surface area is 140 Å². The smallest absolute Gasteiger partial charge is 0.272 e. The lowest BCUT2D eigenvalue weighted by Gasteiger charge is -2.21. The molecule has 0 radical (unpaired) electrons. The van der Waals surface area contributed by atoms with Gasteiger partial charge in [0.15, 0.2) is 11.6 Å². The summed E-state index contributed by atoms with van der Waals surface area (Å²) in [5.74, 6) is -1.96. The minimum absolute atomic E-state index is 0.132. The van der Waals surface area contributed by atoms with E-state index in [1.54, 1.807) is 17.0 Å². The van der Waals surface area contributed by atoms with Gasteiger partial charge in [0.2, 0.25) is 0 Å². The third-order valence-corrected chi connectivity index (χ3v) is 3.46. The van der Waals surface area contributed by atoms with E-state index >= 15 is 0 Å². The summed E-state index contributed by atoms with van der Waals surface area (Å²) in [6.45, 7) is 5.39. The van der Waals surface area contributed by atoms with Crippen LogP contribution in [0.3, 0.4) is 0 Å². The molecule has 4 nitrogen and oxygen atoms in total. The van der Waals surface area contributed by atoms with Gasteiger partial charge in [0.05, 0.1) is 0 Å². The molecule has 2 aromatic rings. The van der Waals surface area contributed by atoms with Gasteiger partial charge in [-0.15, -0.1) is 0 Å². The Kier molecular flexibility index (Phi) is 6.23. The normalized spacial score (nSPS) is 10.5. The van der Waals surface area contributed by atoms with Crippen LogP contribution in [0.2, 0.25) is 0 Å². The van der Waals surface area contributed by atoms with Gasteiger partial charge in [-0.2, -0.15) is 0 Å². The maximum absolute atomic E-state index is 13.3. The Bertz CT molecular complexity index is 700. The van der Waals surface area contributed by atoms with Crippen molar-refractivity contribution in [1.82, 2.24) is 9.88 Å². The molecule has 0 atom stereocenters. The van der Waals surface area contributed by atoms with Crippen LogP contribution >= 0.6 is 0 Å². The van der Waals surface area contributed by atoms with E-state index in [4.69, 9.17) is 0 Å². The maximum Gasteiger partial charge on any atom is 0.272 e. The van der Waals surface area contributed by atoms with Gasteiger partial charge in [-0.1, -0.05) is 13.8 Å². The highest BCUT2D eigenvalue weighted by Gasteiger charge is 2.16. The number of hydrogen-bond donors (Lipinski definition) is 1. The van der Waals surface area contributed by atoms with Gasteiger partial charge >= 0.3 is 0 Å². The molecule has 1 amide bonds. The number of nitrogens with one attached hydrogen (secondary N) is 1. The van der Waals surface area contributed by atoms with Crippen molar-refractivity contribution >= 4 is 17.3 Å². The summed E-state index contributed by atoms with van der Waals surface area (Å²) in [5, 5.41) is 2.95. The van der Waals surface area contributed by atoms with Gasteiger partial charge < -0.3 is 10.2 Å². The number of carbonyl (C=O) groups excluding carboxylic acids is 1. The standard InChI is InChI=1S/C18H21F2N3O/c1-3-9-23(10-4-2)18(24)17-12-14(7-8-21-17)22-13-5-6-15(19)16(20)11-13/h5-8,11-12H,3-4,9-10H2,1-2H3,(H,21,22). The van der Waals surface area contributed by atoms with Crippen molar-refractivity contribution in [1.29, 1.82) is 0 Å². The van der Waals surface area contributed by atoms with Crippen LogP contribution in [0.25, 0.3) is 0 Å². The molecular formula is C18H21F2N3O. The molecule has 0 aliphatic heterocycles. The molecule has 128 valence electrons. The van der Waals surface area contributed by atoms with Crippen molar-refractivity contribution < 1.29 is 13.6 Å². The highest BCUT2D eigenvalue weighted by atomic mass is 19.2. The van der Waals surface area contributed by atoms with Gasteiger partial charge in [0.25, 0.3) is 5.91 Å². The number of pyridine rings is 1. The molecular weight excluding hydrogens is 312 g/mol. The first kappa shape index (κ1) is 17.8. The van der Waals surface area contributed by atoms with Gasteiger partial charge in [0.1, 0.15) is 5.69 Å². The van der Waals surface area contributed by atoms with E-state index in [-0.39, 0.29) is 5.91 Å². The summed E-state index contributed by atoms with van der Waals surface area (Å²) in [6.07, 6.45) is 3.27. The summed E-state index contributed by atoms with van der Waals surface area (Å²) in [6, 6.07) is 6.83. The predicted octanol–water partition coefficient (Wildman–Crippen LogP) is 4.37. The minimum Gasteiger partial charge on any atom is -0.355 e. The molecule has 0 unspecified atom stereocenters. The van der Waals surface area contributed by atoms with Crippen LogP contribution in [0.15, 0.2) is 36.5 Å². The predicted molar refractivity (Wildman–Crippen MR) is 90.4 cm³/mol. The monoisotopic (exact) mass is 333 g/mol. The fourth-order valence-corrected chi connectivity index (χ4v) is 2.38. The molecule has 0 spiro atoms. The molecule has 1 aromatic heterocycles. The average molecular weight is 333 g/mol. The second kappa shape index (κ2) is 8.38. The summed E-state index contributed by atoms with van der Waals surface area (Å²) in [5.41, 5.74) is 1.31. The SMILES string of the molecule is CCCN(CCC)C(=O)c1cc(Nc2ccc(F)c(F)c2)ccn1. The molecule has 0 aliphatic rings. The number of carbonyl (C=O) groups is 1. The first-order chi connectivity index (χ1) is 11.5. The molecule has 0 saturated heterocycles. The number of amides is 1. The van der Waals surface area contributed by atoms with Gasteiger partial charge in [-0.05, 0) is 37.1 Å². The highest BCUT2D eigenvalue weighted by molar-refractivity contribution is 5.93. The molecule has 6 heteroatoms. The number of rotatable bonds is 7. The van der Waals surface area contributed by atoms with Crippen molar-refractivity contribution in [3.8, 4) is 0 Å². The average Bonchev–Trinajstić information content (AvgIpc) is 2.58. The molecule has 0 bridgehead atoms. The molecule has 0 saturated carbocycles. The molecule has 1 aromatic carbocycles. The van der Waals surface area contributed by atoms with Crippen molar-refractivity contribution in [3.05, 3.63) is 53.9 Å². The zero-order chi connectivity index (χ0) is 17.5. The Morgan fingerprint density at radius 2 is 1.71 bits per heavy atom. The Hall–Kier alpha value is -2.50. The van der Waals surface area contributed by atoms with E-state index in [0.717, 1.165) is 25.0 Å². The van der Waals surface area contributed by atoms with Crippen LogP contribution in [0, 0.1) is 11.6 Å². The Morgan fingerprint density at radius 3 is 2.33 bits per heavy atom. The molecule has 1 heterocycles. The van der Waals surface area contributed by atoms with E-state index in [0.29, 0.717) is 30.2 Å². The third kappa shape index (κ3) is 4.50. The number of anilines is 2. The zero-order valence-corrected chi connectivity index (χ0v) is 13.9. The largest absolute Gasteiger partial charge is 0.355 e. The zero-order valence-electron chi connectivity index (χ0n) is 13.9. The highest BCUT2D eigenvalue weighted by Crippen LogP contribution is 2.19. The molecule has 0 fully saturated rings. The Balaban J connectivity index is 2.18. The lowest BCUT2D eigenvalue weighted by atomic mass is 10.2. The molecule has 2 rings (SSSR count). The summed E-state index contributed by atoms with van der Waals surface area (Å²) in [7, 11) is 0. The van der Waals surface area contributed by atoms with E-state index in [1.165, 1.54) is 12.3 Å². The van der Waals surface area contributed by atoms with Gasteiger partial charge in [-0.25, -0.2) is 8.78 Å². The second-order valence-electron chi connectivity index (χ2n) is 5.48. The first-order valence-electron chi connectivity index (χ1n) is 8.02. The van der Waals surface area contributed by atoms with Gasteiger partial charge in [-0.3, -0.25) is 9.78 Å². The van der Waals surface area contributed by atoms with Crippen LogP contribution in [0.1, 0.15) is 37.2 Å². The van der Waals surface area contributed by atoms with Crippen LogP contribution in [-0.4, -0.2) is 28.9 Å². The first-order valence-corrected chi connectivity index (χ1v) is 8.02. The number of aromatic nitrogens is 1. The van der Waals surface area contributed by atoms with Crippen LogP contribution in [-0.2, 0) is 0 Å². The fourth-order valence-electron chi connectivity index (χ4n) is 2.38. The maximum atomic E-state index is 13.3. The van der Waals surface area contributed by atoms with E-state index in [2.05, 4.69) is 10.3 Å². The lowest BCUT2D eigenvalue weighted by Crippen LogP contribution is -2.33. The second-order valence-corrected chi connectivity index (χ2v) is 5.48. The summed E-state index contributed by atoms with van der Waals surface area (Å²) >= 11 is 0. The van der Waals surface area contributed by atoms with Gasteiger partial charge in [0, 0.05) is 36.7 Å². The number of benzene rings is 1. The Morgan fingerprint density at radius 1 is 1.04 bits per heavy atom. The van der Waals surface area contributed by atoms with Crippen molar-refractivity contribution in [2.45, 2.75) is 26.7 Å². The van der Waals surface area contributed by atoms with E-state index < -0.39 is 11.6 Å². The number of halogens is 2. The third-order valence-electron chi connectivity index (χ3n) is 3.46. The summed E-state index contributed by atoms with van der Waals surface area (Å²) in [4.78, 5) is 18.5. The van der Waals surface area contributed by atoms with Crippen molar-refractivity contribution in [2.24, 2.45) is 0 Å². The van der Waals surface area contributed by atoms with Crippen LogP contribution in [0.4, 0.5) is 20.2 Å². The van der Waals surface area contributed by atoms with Crippen molar-refractivity contribution in [2.75, 3.05) is 18.4 Å².